The van der Waals surface area contributed by atoms with Gasteiger partial charge in [-0.2, -0.15) is 0 Å². The molecule has 1 amide bonds. The third-order valence-corrected chi connectivity index (χ3v) is 4.83. The van der Waals surface area contributed by atoms with Crippen LogP contribution in [0, 0.1) is 11.8 Å². The number of fused-ring (bicyclic) bond motifs is 1. The number of nitrogens with zero attached hydrogens (tertiary/aromatic N) is 2. The van der Waals surface area contributed by atoms with Gasteiger partial charge in [0.15, 0.2) is 0 Å². The Bertz CT molecular complexity index is 304. The second-order valence-electron chi connectivity index (χ2n) is 5.71. The normalized spacial score (nSPS) is 33.4. The predicted octanol–water partition coefficient (Wildman–Crippen LogP) is 0.946. The number of aliphatic hydroxyl groups is 1. The smallest absolute Gasteiger partial charge is 0.239 e. The van der Waals surface area contributed by atoms with Gasteiger partial charge in [0, 0.05) is 32.1 Å². The number of likely N-dealkylation sites (tertiary alicyclic amines) is 1. The van der Waals surface area contributed by atoms with Crippen molar-refractivity contribution >= 4 is 5.91 Å². The van der Waals surface area contributed by atoms with E-state index >= 15 is 0 Å². The zero-order valence-electron chi connectivity index (χ0n) is 11.8. The van der Waals surface area contributed by atoms with Gasteiger partial charge in [-0.05, 0) is 39.5 Å². The van der Waals surface area contributed by atoms with Crippen LogP contribution in [0.5, 0.6) is 0 Å². The van der Waals surface area contributed by atoms with Gasteiger partial charge < -0.3 is 10.0 Å². The SMILES string of the molecule is CCN(CC)C(=O)C(C)N1CC2CCC(O)C2C1. The monoisotopic (exact) mass is 254 g/mol. The lowest BCUT2D eigenvalue weighted by molar-refractivity contribution is -0.135. The summed E-state index contributed by atoms with van der Waals surface area (Å²) in [6, 6.07) is -0.0392. The highest BCUT2D eigenvalue weighted by Crippen LogP contribution is 2.38. The second kappa shape index (κ2) is 5.57. The van der Waals surface area contributed by atoms with Crippen LogP contribution in [-0.4, -0.2) is 59.1 Å². The summed E-state index contributed by atoms with van der Waals surface area (Å²) in [7, 11) is 0. The van der Waals surface area contributed by atoms with E-state index in [1.54, 1.807) is 0 Å². The van der Waals surface area contributed by atoms with Crippen molar-refractivity contribution in [1.29, 1.82) is 0 Å². The van der Waals surface area contributed by atoms with Crippen molar-refractivity contribution in [3.8, 4) is 0 Å². The molecule has 0 aromatic heterocycles. The first-order valence-electron chi connectivity index (χ1n) is 7.29. The van der Waals surface area contributed by atoms with E-state index in [4.69, 9.17) is 0 Å². The minimum absolute atomic E-state index is 0.0392. The fourth-order valence-electron chi connectivity index (χ4n) is 3.54. The average molecular weight is 254 g/mol. The third-order valence-electron chi connectivity index (χ3n) is 4.83. The third kappa shape index (κ3) is 2.41. The van der Waals surface area contributed by atoms with E-state index in [0.29, 0.717) is 11.8 Å². The molecule has 1 saturated heterocycles. The fraction of sp³-hybridized carbons (Fsp3) is 0.929. The van der Waals surface area contributed by atoms with Crippen LogP contribution in [0.4, 0.5) is 0 Å². The summed E-state index contributed by atoms with van der Waals surface area (Å²) in [5.41, 5.74) is 0. The number of rotatable bonds is 4. The Kier molecular flexibility index (Phi) is 4.28. The number of amides is 1. The number of hydrogen-bond donors (Lipinski definition) is 1. The molecule has 4 nitrogen and oxygen atoms in total. The Balaban J connectivity index is 1.95. The highest BCUT2D eigenvalue weighted by Gasteiger charge is 2.44. The maximum absolute atomic E-state index is 12.3. The van der Waals surface area contributed by atoms with Gasteiger partial charge in [-0.1, -0.05) is 0 Å². The van der Waals surface area contributed by atoms with Gasteiger partial charge in [0.1, 0.15) is 0 Å². The largest absolute Gasteiger partial charge is 0.393 e. The number of hydrogen-bond acceptors (Lipinski definition) is 3. The molecule has 2 aliphatic rings. The minimum atomic E-state index is -0.143. The van der Waals surface area contributed by atoms with Crippen molar-refractivity contribution in [3.05, 3.63) is 0 Å². The van der Waals surface area contributed by atoms with E-state index in [2.05, 4.69) is 4.90 Å². The summed E-state index contributed by atoms with van der Waals surface area (Å²) in [6.45, 7) is 9.49. The molecule has 0 aromatic rings. The fourth-order valence-corrected chi connectivity index (χ4v) is 3.54. The highest BCUT2D eigenvalue weighted by atomic mass is 16.3. The average Bonchev–Trinajstić information content (AvgIpc) is 2.92. The van der Waals surface area contributed by atoms with Crippen LogP contribution < -0.4 is 0 Å². The predicted molar refractivity (Wildman–Crippen MR) is 71.2 cm³/mol. The quantitative estimate of drug-likeness (QED) is 0.812. The Hall–Kier alpha value is -0.610. The molecule has 4 atom stereocenters. The number of likely N-dealkylation sites (N-methyl/N-ethyl adjacent to an activating group) is 1. The lowest BCUT2D eigenvalue weighted by Gasteiger charge is -2.29. The summed E-state index contributed by atoms with van der Waals surface area (Å²) in [5, 5.41) is 9.92. The molecule has 2 rings (SSSR count). The molecule has 0 spiro atoms. The van der Waals surface area contributed by atoms with Crippen LogP contribution in [-0.2, 0) is 4.79 Å². The molecule has 104 valence electrons. The van der Waals surface area contributed by atoms with E-state index in [-0.39, 0.29) is 18.1 Å². The van der Waals surface area contributed by atoms with Crippen LogP contribution in [0.25, 0.3) is 0 Å². The van der Waals surface area contributed by atoms with Crippen molar-refractivity contribution in [2.45, 2.75) is 45.8 Å². The molecule has 0 bridgehead atoms. The van der Waals surface area contributed by atoms with E-state index in [9.17, 15) is 9.90 Å². The molecule has 1 saturated carbocycles. The molecule has 0 aromatic carbocycles. The van der Waals surface area contributed by atoms with Gasteiger partial charge in [-0.15, -0.1) is 0 Å². The standard InChI is InChI=1S/C14H26N2O2/c1-4-15(5-2)14(18)10(3)16-8-11-6-7-13(17)12(11)9-16/h10-13,17H,4-9H2,1-3H3. The van der Waals surface area contributed by atoms with Crippen molar-refractivity contribution in [1.82, 2.24) is 9.80 Å². The van der Waals surface area contributed by atoms with Gasteiger partial charge in [-0.3, -0.25) is 9.69 Å². The zero-order valence-corrected chi connectivity index (χ0v) is 11.8. The molecule has 1 heterocycles. The van der Waals surface area contributed by atoms with Gasteiger partial charge in [0.2, 0.25) is 5.91 Å². The highest BCUT2D eigenvalue weighted by molar-refractivity contribution is 5.81. The maximum atomic E-state index is 12.3. The zero-order chi connectivity index (χ0) is 13.3. The number of carbonyl (C=O) groups is 1. The van der Waals surface area contributed by atoms with E-state index in [1.807, 2.05) is 25.7 Å². The van der Waals surface area contributed by atoms with E-state index in [1.165, 1.54) is 0 Å². The van der Waals surface area contributed by atoms with Crippen molar-refractivity contribution in [2.24, 2.45) is 11.8 Å². The molecule has 1 aliphatic carbocycles. The molecule has 4 heteroatoms. The van der Waals surface area contributed by atoms with Gasteiger partial charge >= 0.3 is 0 Å². The molecule has 2 fully saturated rings. The number of aliphatic hydroxyl groups excluding tert-OH is 1. The molecular formula is C14H26N2O2. The summed E-state index contributed by atoms with van der Waals surface area (Å²) in [4.78, 5) is 16.5. The summed E-state index contributed by atoms with van der Waals surface area (Å²) >= 11 is 0. The van der Waals surface area contributed by atoms with E-state index in [0.717, 1.165) is 39.0 Å². The van der Waals surface area contributed by atoms with Gasteiger partial charge in [0.05, 0.1) is 12.1 Å². The van der Waals surface area contributed by atoms with Gasteiger partial charge in [-0.25, -0.2) is 0 Å². The Morgan fingerprint density at radius 1 is 1.33 bits per heavy atom. The molecule has 1 N–H and O–H groups in total. The van der Waals surface area contributed by atoms with Crippen LogP contribution in [0.15, 0.2) is 0 Å². The van der Waals surface area contributed by atoms with Crippen molar-refractivity contribution in [3.63, 3.8) is 0 Å². The second-order valence-corrected chi connectivity index (χ2v) is 5.71. The topological polar surface area (TPSA) is 43.8 Å². The maximum Gasteiger partial charge on any atom is 0.239 e. The molecule has 1 aliphatic heterocycles. The first kappa shape index (κ1) is 13.8. The molecular weight excluding hydrogens is 228 g/mol. The lowest BCUT2D eigenvalue weighted by Crippen LogP contribution is -2.46. The van der Waals surface area contributed by atoms with Crippen LogP contribution in [0.2, 0.25) is 0 Å². The Morgan fingerprint density at radius 2 is 2.00 bits per heavy atom. The van der Waals surface area contributed by atoms with Crippen LogP contribution in [0.1, 0.15) is 33.6 Å². The first-order valence-corrected chi connectivity index (χ1v) is 7.29. The van der Waals surface area contributed by atoms with Crippen molar-refractivity contribution in [2.75, 3.05) is 26.2 Å². The number of carbonyl (C=O) groups excluding carboxylic acids is 1. The Morgan fingerprint density at radius 3 is 2.56 bits per heavy atom. The van der Waals surface area contributed by atoms with E-state index < -0.39 is 0 Å². The van der Waals surface area contributed by atoms with Crippen LogP contribution >= 0.6 is 0 Å². The summed E-state index contributed by atoms with van der Waals surface area (Å²) in [5.74, 6) is 1.23. The summed E-state index contributed by atoms with van der Waals surface area (Å²) in [6.07, 6.45) is 1.92. The first-order chi connectivity index (χ1) is 8.58. The van der Waals surface area contributed by atoms with Crippen molar-refractivity contribution < 1.29 is 9.90 Å². The van der Waals surface area contributed by atoms with Crippen LogP contribution in [0.3, 0.4) is 0 Å². The minimum Gasteiger partial charge on any atom is -0.393 e. The Labute approximate surface area is 110 Å². The lowest BCUT2D eigenvalue weighted by atomic mass is 10.00. The summed E-state index contributed by atoms with van der Waals surface area (Å²) < 4.78 is 0. The molecule has 4 unspecified atom stereocenters. The molecule has 0 radical (unpaired) electrons. The molecule has 18 heavy (non-hydrogen) atoms. The van der Waals surface area contributed by atoms with Gasteiger partial charge in [0.25, 0.3) is 0 Å².